The fraction of sp³-hybridized carbons (Fsp3) is 0.278. The van der Waals surface area contributed by atoms with Crippen molar-refractivity contribution in [3.63, 3.8) is 0 Å². The van der Waals surface area contributed by atoms with Crippen LogP contribution in [0.4, 0.5) is 5.82 Å². The van der Waals surface area contributed by atoms with E-state index in [2.05, 4.69) is 20.5 Å². The lowest BCUT2D eigenvalue weighted by molar-refractivity contribution is 0.0835. The highest BCUT2D eigenvalue weighted by Gasteiger charge is 2.28. The van der Waals surface area contributed by atoms with Gasteiger partial charge < -0.3 is 15.5 Å². The summed E-state index contributed by atoms with van der Waals surface area (Å²) in [5.41, 5.74) is 2.54. The molecule has 1 aliphatic rings. The average molecular weight is 357 g/mol. The molecule has 6 nitrogen and oxygen atoms in total. The first-order valence-corrected chi connectivity index (χ1v) is 8.46. The molecule has 0 spiro atoms. The van der Waals surface area contributed by atoms with E-state index in [1.165, 1.54) is 6.07 Å². The first-order valence-electron chi connectivity index (χ1n) is 8.08. The van der Waals surface area contributed by atoms with Gasteiger partial charge in [-0.25, -0.2) is 0 Å². The summed E-state index contributed by atoms with van der Waals surface area (Å²) in [6, 6.07) is 7.20. The quantitative estimate of drug-likeness (QED) is 0.667. The van der Waals surface area contributed by atoms with E-state index in [1.807, 2.05) is 19.1 Å². The number of hydrogen-bond donors (Lipinski definition) is 3. The third-order valence-corrected chi connectivity index (χ3v) is 4.73. The van der Waals surface area contributed by atoms with Crippen molar-refractivity contribution in [3.05, 3.63) is 41.0 Å². The number of nitrogens with zero attached hydrogens (tertiary/aromatic N) is 3. The van der Waals surface area contributed by atoms with Crippen LogP contribution < -0.4 is 5.32 Å². The number of pyridine rings is 1. The summed E-state index contributed by atoms with van der Waals surface area (Å²) in [6.07, 6.45) is 2.83. The number of aromatic hydroxyl groups is 1. The summed E-state index contributed by atoms with van der Waals surface area (Å²) in [6.45, 7) is 1.86. The number of aliphatic hydroxyl groups excluding tert-OH is 1. The summed E-state index contributed by atoms with van der Waals surface area (Å²) in [7, 11) is 0. The number of nitrogens with one attached hydrogen (secondary N) is 1. The van der Waals surface area contributed by atoms with Crippen LogP contribution in [0.15, 0.2) is 30.5 Å². The van der Waals surface area contributed by atoms with Crippen molar-refractivity contribution in [1.29, 1.82) is 0 Å². The number of rotatable bonds is 3. The van der Waals surface area contributed by atoms with Crippen LogP contribution in [0.25, 0.3) is 22.2 Å². The molecular formula is C18H17ClN4O2. The van der Waals surface area contributed by atoms with E-state index in [0.717, 1.165) is 10.9 Å². The van der Waals surface area contributed by atoms with E-state index in [9.17, 15) is 10.2 Å². The van der Waals surface area contributed by atoms with Gasteiger partial charge in [-0.05, 0) is 49.6 Å². The Hall–Kier alpha value is -2.44. The van der Waals surface area contributed by atoms with Crippen molar-refractivity contribution in [2.75, 3.05) is 5.32 Å². The number of anilines is 1. The van der Waals surface area contributed by atoms with Gasteiger partial charge in [-0.1, -0.05) is 11.6 Å². The SMILES string of the molecule is Cc1cc(Cl)cc(O)c1-c1nnc(NC2CC(O)C2)c2cccnc12. The first-order chi connectivity index (χ1) is 12.0. The highest BCUT2D eigenvalue weighted by Crippen LogP contribution is 2.38. The van der Waals surface area contributed by atoms with Crippen LogP contribution in [0.5, 0.6) is 5.75 Å². The summed E-state index contributed by atoms with van der Waals surface area (Å²) >= 11 is 6.00. The number of aromatic nitrogens is 3. The van der Waals surface area contributed by atoms with E-state index >= 15 is 0 Å². The van der Waals surface area contributed by atoms with Gasteiger partial charge in [-0.15, -0.1) is 10.2 Å². The number of phenols is 1. The molecule has 0 aliphatic heterocycles. The first kappa shape index (κ1) is 16.1. The lowest BCUT2D eigenvalue weighted by Crippen LogP contribution is -2.39. The van der Waals surface area contributed by atoms with Gasteiger partial charge in [0, 0.05) is 28.2 Å². The third-order valence-electron chi connectivity index (χ3n) is 4.51. The Bertz CT molecular complexity index is 934. The molecule has 3 N–H and O–H groups in total. The lowest BCUT2D eigenvalue weighted by atomic mass is 9.89. The van der Waals surface area contributed by atoms with E-state index in [1.54, 1.807) is 12.3 Å². The van der Waals surface area contributed by atoms with Crippen LogP contribution in [-0.4, -0.2) is 37.5 Å². The Morgan fingerprint density at radius 1 is 1.24 bits per heavy atom. The number of benzene rings is 1. The van der Waals surface area contributed by atoms with Gasteiger partial charge in [0.1, 0.15) is 17.0 Å². The molecule has 1 aromatic carbocycles. The predicted molar refractivity (Wildman–Crippen MR) is 96.8 cm³/mol. The smallest absolute Gasteiger partial charge is 0.158 e. The molecule has 7 heteroatoms. The van der Waals surface area contributed by atoms with Gasteiger partial charge in [-0.2, -0.15) is 0 Å². The summed E-state index contributed by atoms with van der Waals surface area (Å²) in [5, 5.41) is 33.0. The number of fused-ring (bicyclic) bond motifs is 1. The van der Waals surface area contributed by atoms with Crippen molar-refractivity contribution in [1.82, 2.24) is 15.2 Å². The second kappa shape index (κ2) is 6.13. The molecule has 1 saturated carbocycles. The topological polar surface area (TPSA) is 91.2 Å². The standard InChI is InChI=1S/C18H17ClN4O2/c1-9-5-10(19)6-14(25)15(9)17-16-13(3-2-4-20-16)18(23-22-17)21-11-7-12(24)8-11/h2-6,11-12,24-25H,7-8H2,1H3,(H,21,23). The van der Waals surface area contributed by atoms with Gasteiger partial charge in [0.25, 0.3) is 0 Å². The van der Waals surface area contributed by atoms with Crippen LogP contribution in [0.2, 0.25) is 5.02 Å². The third kappa shape index (κ3) is 2.88. The van der Waals surface area contributed by atoms with E-state index < -0.39 is 0 Å². The minimum atomic E-state index is -0.247. The molecule has 1 aliphatic carbocycles. The van der Waals surface area contributed by atoms with Crippen molar-refractivity contribution < 1.29 is 10.2 Å². The van der Waals surface area contributed by atoms with Gasteiger partial charge in [-0.3, -0.25) is 4.98 Å². The Labute approximate surface area is 149 Å². The zero-order chi connectivity index (χ0) is 17.6. The fourth-order valence-corrected chi connectivity index (χ4v) is 3.46. The van der Waals surface area contributed by atoms with Crippen LogP contribution in [-0.2, 0) is 0 Å². The highest BCUT2D eigenvalue weighted by atomic mass is 35.5. The maximum absolute atomic E-state index is 10.4. The molecule has 2 heterocycles. The molecule has 4 rings (SSSR count). The van der Waals surface area contributed by atoms with Crippen molar-refractivity contribution in [3.8, 4) is 17.0 Å². The van der Waals surface area contributed by atoms with Gasteiger partial charge in [0.2, 0.25) is 0 Å². The Morgan fingerprint density at radius 3 is 2.76 bits per heavy atom. The molecule has 0 atom stereocenters. The number of hydrogen-bond acceptors (Lipinski definition) is 6. The molecule has 1 fully saturated rings. The highest BCUT2D eigenvalue weighted by molar-refractivity contribution is 6.31. The fourth-order valence-electron chi connectivity index (χ4n) is 3.19. The maximum atomic E-state index is 10.4. The number of aliphatic hydroxyl groups is 1. The monoisotopic (exact) mass is 356 g/mol. The Morgan fingerprint density at radius 2 is 2.04 bits per heavy atom. The molecule has 0 amide bonds. The van der Waals surface area contributed by atoms with E-state index in [0.29, 0.717) is 40.5 Å². The van der Waals surface area contributed by atoms with Gasteiger partial charge in [0.05, 0.1) is 6.10 Å². The number of halogens is 1. The summed E-state index contributed by atoms with van der Waals surface area (Å²) < 4.78 is 0. The van der Waals surface area contributed by atoms with Crippen LogP contribution in [0, 0.1) is 6.92 Å². The lowest BCUT2D eigenvalue weighted by Gasteiger charge is -2.32. The molecule has 25 heavy (non-hydrogen) atoms. The Kier molecular flexibility index (Phi) is 3.94. The minimum absolute atomic E-state index is 0.0501. The van der Waals surface area contributed by atoms with Gasteiger partial charge in [0.15, 0.2) is 5.82 Å². The molecule has 0 saturated heterocycles. The van der Waals surface area contributed by atoms with Crippen molar-refractivity contribution in [2.45, 2.75) is 31.9 Å². The molecule has 3 aromatic rings. The number of aryl methyl sites for hydroxylation is 1. The zero-order valence-electron chi connectivity index (χ0n) is 13.6. The van der Waals surface area contributed by atoms with Crippen molar-refractivity contribution >= 4 is 28.3 Å². The second-order valence-corrected chi connectivity index (χ2v) is 6.82. The predicted octanol–water partition coefficient (Wildman–Crippen LogP) is 3.29. The molecule has 0 bridgehead atoms. The van der Waals surface area contributed by atoms with Crippen LogP contribution in [0.1, 0.15) is 18.4 Å². The molecule has 2 aromatic heterocycles. The average Bonchev–Trinajstić information content (AvgIpc) is 2.54. The van der Waals surface area contributed by atoms with Crippen LogP contribution >= 0.6 is 11.6 Å². The largest absolute Gasteiger partial charge is 0.507 e. The normalized spacial score (nSPS) is 19.6. The second-order valence-electron chi connectivity index (χ2n) is 6.38. The zero-order valence-corrected chi connectivity index (χ0v) is 14.3. The molecule has 128 valence electrons. The van der Waals surface area contributed by atoms with E-state index in [-0.39, 0.29) is 17.9 Å². The molecule has 0 radical (unpaired) electrons. The summed E-state index contributed by atoms with van der Waals surface area (Å²) in [5.74, 6) is 0.684. The minimum Gasteiger partial charge on any atom is -0.507 e. The Balaban J connectivity index is 1.84. The molecule has 0 unspecified atom stereocenters. The van der Waals surface area contributed by atoms with Gasteiger partial charge >= 0.3 is 0 Å². The maximum Gasteiger partial charge on any atom is 0.158 e. The summed E-state index contributed by atoms with van der Waals surface area (Å²) in [4.78, 5) is 4.45. The van der Waals surface area contributed by atoms with Crippen LogP contribution in [0.3, 0.4) is 0 Å². The molecular weight excluding hydrogens is 340 g/mol. The van der Waals surface area contributed by atoms with E-state index in [4.69, 9.17) is 11.6 Å². The van der Waals surface area contributed by atoms with Crippen molar-refractivity contribution in [2.24, 2.45) is 0 Å². The number of phenolic OH excluding ortho intramolecular Hbond substituents is 1.